The number of benzene rings is 1. The molecule has 0 saturated heterocycles. The Morgan fingerprint density at radius 2 is 2.11 bits per heavy atom. The summed E-state index contributed by atoms with van der Waals surface area (Å²) in [6, 6.07) is 8.33. The number of rotatable bonds is 3. The highest BCUT2D eigenvalue weighted by atomic mass is 16.5. The molecule has 0 aliphatic heterocycles. The van der Waals surface area contributed by atoms with Crippen molar-refractivity contribution < 1.29 is 4.74 Å². The van der Waals surface area contributed by atoms with E-state index in [-0.39, 0.29) is 6.04 Å². The fourth-order valence-electron chi connectivity index (χ4n) is 3.27. The summed E-state index contributed by atoms with van der Waals surface area (Å²) in [5, 5.41) is 0. The van der Waals surface area contributed by atoms with E-state index >= 15 is 0 Å². The van der Waals surface area contributed by atoms with Gasteiger partial charge in [-0.05, 0) is 41.9 Å². The largest absolute Gasteiger partial charge is 0.497 e. The van der Waals surface area contributed by atoms with Crippen molar-refractivity contribution in [2.75, 3.05) is 7.11 Å². The van der Waals surface area contributed by atoms with Gasteiger partial charge in [0.15, 0.2) is 0 Å². The lowest BCUT2D eigenvalue weighted by Crippen LogP contribution is -2.36. The van der Waals surface area contributed by atoms with E-state index in [1.54, 1.807) is 7.11 Å². The highest BCUT2D eigenvalue weighted by Gasteiger charge is 2.36. The van der Waals surface area contributed by atoms with Gasteiger partial charge in [0, 0.05) is 6.04 Å². The maximum Gasteiger partial charge on any atom is 0.119 e. The molecule has 1 saturated carbocycles. The topological polar surface area (TPSA) is 35.2 Å². The summed E-state index contributed by atoms with van der Waals surface area (Å²) in [6.45, 7) is 4.72. The molecule has 2 heteroatoms. The highest BCUT2D eigenvalue weighted by molar-refractivity contribution is 5.31. The number of nitrogens with two attached hydrogens (primary N) is 1. The van der Waals surface area contributed by atoms with Gasteiger partial charge < -0.3 is 10.5 Å². The maximum absolute atomic E-state index is 6.51. The van der Waals surface area contributed by atoms with Crippen LogP contribution in [0.2, 0.25) is 0 Å². The van der Waals surface area contributed by atoms with E-state index in [9.17, 15) is 0 Å². The molecule has 0 aromatic heterocycles. The average molecular weight is 247 g/mol. The van der Waals surface area contributed by atoms with Crippen LogP contribution in [-0.4, -0.2) is 7.11 Å². The molecule has 1 aliphatic carbocycles. The molecule has 2 rings (SSSR count). The lowest BCUT2D eigenvalue weighted by atomic mass is 9.65. The van der Waals surface area contributed by atoms with Crippen molar-refractivity contribution in [2.45, 2.75) is 45.6 Å². The minimum absolute atomic E-state index is 0.121. The summed E-state index contributed by atoms with van der Waals surface area (Å²) >= 11 is 0. The molecule has 0 spiro atoms. The van der Waals surface area contributed by atoms with Crippen molar-refractivity contribution in [2.24, 2.45) is 17.1 Å². The van der Waals surface area contributed by atoms with Crippen molar-refractivity contribution in [3.05, 3.63) is 29.8 Å². The quantitative estimate of drug-likeness (QED) is 0.879. The van der Waals surface area contributed by atoms with Crippen molar-refractivity contribution in [3.8, 4) is 5.75 Å². The summed E-state index contributed by atoms with van der Waals surface area (Å²) in [7, 11) is 1.70. The Morgan fingerprint density at radius 1 is 1.33 bits per heavy atom. The van der Waals surface area contributed by atoms with Crippen LogP contribution >= 0.6 is 0 Å². The lowest BCUT2D eigenvalue weighted by molar-refractivity contribution is 0.112. The summed E-state index contributed by atoms with van der Waals surface area (Å²) in [5.41, 5.74) is 8.06. The Labute approximate surface area is 111 Å². The molecule has 1 aromatic carbocycles. The Balaban J connectivity index is 2.21. The van der Waals surface area contributed by atoms with Crippen LogP contribution in [0.25, 0.3) is 0 Å². The second-order valence-electron chi connectivity index (χ2n) is 6.14. The summed E-state index contributed by atoms with van der Waals surface area (Å²) < 4.78 is 5.29. The van der Waals surface area contributed by atoms with Crippen LogP contribution in [0.15, 0.2) is 24.3 Å². The van der Waals surface area contributed by atoms with Crippen LogP contribution in [-0.2, 0) is 0 Å². The summed E-state index contributed by atoms with van der Waals surface area (Å²) in [4.78, 5) is 0. The van der Waals surface area contributed by atoms with Gasteiger partial charge in [-0.1, -0.05) is 38.8 Å². The SMILES string of the molecule is COc1cccc(C(N)C2CCCCC2(C)C)c1. The zero-order valence-corrected chi connectivity index (χ0v) is 11.8. The van der Waals surface area contributed by atoms with Gasteiger partial charge in [-0.25, -0.2) is 0 Å². The third-order valence-corrected chi connectivity index (χ3v) is 4.50. The standard InChI is InChI=1S/C16H25NO/c1-16(2)10-5-4-9-14(16)15(17)12-7-6-8-13(11-12)18-3/h6-8,11,14-15H,4-5,9-10,17H2,1-3H3. The molecule has 2 unspecified atom stereocenters. The predicted molar refractivity (Wildman–Crippen MR) is 75.7 cm³/mol. The minimum atomic E-state index is 0.121. The van der Waals surface area contributed by atoms with Crippen LogP contribution < -0.4 is 10.5 Å². The molecule has 0 amide bonds. The van der Waals surface area contributed by atoms with E-state index < -0.39 is 0 Å². The summed E-state index contributed by atoms with van der Waals surface area (Å²) in [5.74, 6) is 1.47. The number of methoxy groups -OCH3 is 1. The van der Waals surface area contributed by atoms with Crippen molar-refractivity contribution in [3.63, 3.8) is 0 Å². The van der Waals surface area contributed by atoms with Gasteiger partial charge in [-0.2, -0.15) is 0 Å². The summed E-state index contributed by atoms with van der Waals surface area (Å²) in [6.07, 6.45) is 5.18. The van der Waals surface area contributed by atoms with E-state index in [1.807, 2.05) is 12.1 Å². The smallest absolute Gasteiger partial charge is 0.119 e. The normalized spacial score (nSPS) is 24.6. The lowest BCUT2D eigenvalue weighted by Gasteiger charge is -2.42. The van der Waals surface area contributed by atoms with Gasteiger partial charge in [-0.3, -0.25) is 0 Å². The zero-order chi connectivity index (χ0) is 13.2. The van der Waals surface area contributed by atoms with Crippen molar-refractivity contribution >= 4 is 0 Å². The third kappa shape index (κ3) is 2.69. The highest BCUT2D eigenvalue weighted by Crippen LogP contribution is 2.46. The van der Waals surface area contributed by atoms with Gasteiger partial charge in [0.05, 0.1) is 7.11 Å². The van der Waals surface area contributed by atoms with E-state index in [4.69, 9.17) is 10.5 Å². The molecule has 0 bridgehead atoms. The second-order valence-corrected chi connectivity index (χ2v) is 6.14. The molecule has 2 nitrogen and oxygen atoms in total. The Hall–Kier alpha value is -1.02. The van der Waals surface area contributed by atoms with Gasteiger partial charge >= 0.3 is 0 Å². The molecule has 0 heterocycles. The first-order valence-corrected chi connectivity index (χ1v) is 6.94. The first-order chi connectivity index (χ1) is 8.54. The molecular weight excluding hydrogens is 222 g/mol. The van der Waals surface area contributed by atoms with Gasteiger partial charge in [0.25, 0.3) is 0 Å². The molecule has 2 N–H and O–H groups in total. The van der Waals surface area contributed by atoms with Crippen LogP contribution in [0.3, 0.4) is 0 Å². The molecule has 0 radical (unpaired) electrons. The van der Waals surface area contributed by atoms with E-state index in [0.717, 1.165) is 5.75 Å². The van der Waals surface area contributed by atoms with E-state index in [2.05, 4.69) is 26.0 Å². The molecule has 100 valence electrons. The van der Waals surface area contributed by atoms with E-state index in [0.29, 0.717) is 11.3 Å². The number of hydrogen-bond acceptors (Lipinski definition) is 2. The second kappa shape index (κ2) is 5.31. The van der Waals surface area contributed by atoms with Crippen molar-refractivity contribution in [1.29, 1.82) is 0 Å². The van der Waals surface area contributed by atoms with Crippen LogP contribution in [0, 0.1) is 11.3 Å². The minimum Gasteiger partial charge on any atom is -0.497 e. The molecule has 1 aromatic rings. The predicted octanol–water partition coefficient (Wildman–Crippen LogP) is 3.91. The Bertz CT molecular complexity index is 400. The molecule has 18 heavy (non-hydrogen) atoms. The first kappa shape index (κ1) is 13.4. The van der Waals surface area contributed by atoms with Gasteiger partial charge in [0.2, 0.25) is 0 Å². The molecule has 2 atom stereocenters. The zero-order valence-electron chi connectivity index (χ0n) is 11.8. The average Bonchev–Trinajstić information content (AvgIpc) is 2.37. The number of ether oxygens (including phenoxy) is 1. The third-order valence-electron chi connectivity index (χ3n) is 4.50. The van der Waals surface area contributed by atoms with Gasteiger partial charge in [0.1, 0.15) is 5.75 Å². The molecular formula is C16H25NO. The molecule has 1 fully saturated rings. The van der Waals surface area contributed by atoms with Crippen LogP contribution in [0.1, 0.15) is 51.1 Å². The van der Waals surface area contributed by atoms with Gasteiger partial charge in [-0.15, -0.1) is 0 Å². The fourth-order valence-corrected chi connectivity index (χ4v) is 3.27. The molecule has 1 aliphatic rings. The number of hydrogen-bond donors (Lipinski definition) is 1. The fraction of sp³-hybridized carbons (Fsp3) is 0.625. The Kier molecular flexibility index (Phi) is 3.96. The Morgan fingerprint density at radius 3 is 2.78 bits per heavy atom. The monoisotopic (exact) mass is 247 g/mol. The first-order valence-electron chi connectivity index (χ1n) is 6.94. The van der Waals surface area contributed by atoms with Crippen LogP contribution in [0.4, 0.5) is 0 Å². The van der Waals surface area contributed by atoms with Crippen LogP contribution in [0.5, 0.6) is 5.75 Å². The maximum atomic E-state index is 6.51. The van der Waals surface area contributed by atoms with Crippen molar-refractivity contribution in [1.82, 2.24) is 0 Å². The van der Waals surface area contributed by atoms with E-state index in [1.165, 1.54) is 31.2 Å².